The molecule has 27 heavy (non-hydrogen) atoms. The lowest BCUT2D eigenvalue weighted by Gasteiger charge is -2.17. The summed E-state index contributed by atoms with van der Waals surface area (Å²) >= 11 is 11.9. The Balaban J connectivity index is 2.00. The van der Waals surface area contributed by atoms with E-state index in [0.717, 1.165) is 9.87 Å². The highest BCUT2D eigenvalue weighted by Gasteiger charge is 2.24. The molecule has 9 heteroatoms. The van der Waals surface area contributed by atoms with Crippen LogP contribution in [0.2, 0.25) is 10.0 Å². The molecule has 0 unspecified atom stereocenters. The van der Waals surface area contributed by atoms with Crippen molar-refractivity contribution < 1.29 is 17.9 Å². The molecule has 2 aromatic carbocycles. The second-order valence-electron chi connectivity index (χ2n) is 5.69. The van der Waals surface area contributed by atoms with E-state index >= 15 is 0 Å². The van der Waals surface area contributed by atoms with E-state index in [1.54, 1.807) is 31.2 Å². The van der Waals surface area contributed by atoms with Gasteiger partial charge >= 0.3 is 0 Å². The molecule has 2 rings (SSSR count). The Morgan fingerprint density at radius 3 is 2.41 bits per heavy atom. The van der Waals surface area contributed by atoms with Crippen molar-refractivity contribution in [2.24, 2.45) is 0 Å². The van der Waals surface area contributed by atoms with Crippen molar-refractivity contribution in [3.8, 4) is 5.75 Å². The number of benzene rings is 2. The van der Waals surface area contributed by atoms with Crippen LogP contribution in [-0.4, -0.2) is 38.8 Å². The van der Waals surface area contributed by atoms with Crippen LogP contribution in [0.15, 0.2) is 47.4 Å². The Hall–Kier alpha value is -1.80. The van der Waals surface area contributed by atoms with Gasteiger partial charge in [0.25, 0.3) is 0 Å². The fourth-order valence-electron chi connectivity index (χ4n) is 2.24. The fraction of sp³-hybridized carbons (Fsp3) is 0.278. The lowest BCUT2D eigenvalue weighted by molar-refractivity contribution is -0.121. The minimum absolute atomic E-state index is 0.0102. The molecule has 0 aliphatic heterocycles. The van der Waals surface area contributed by atoms with Gasteiger partial charge in [-0.05, 0) is 42.8 Å². The van der Waals surface area contributed by atoms with Gasteiger partial charge < -0.3 is 10.1 Å². The Morgan fingerprint density at radius 1 is 1.15 bits per heavy atom. The van der Waals surface area contributed by atoms with E-state index in [-0.39, 0.29) is 23.0 Å². The molecule has 2 aromatic rings. The van der Waals surface area contributed by atoms with Gasteiger partial charge in [0.2, 0.25) is 15.9 Å². The zero-order valence-electron chi connectivity index (χ0n) is 14.9. The van der Waals surface area contributed by atoms with Gasteiger partial charge in [-0.3, -0.25) is 4.79 Å². The molecular weight excluding hydrogens is 411 g/mol. The molecule has 1 N–H and O–H groups in total. The van der Waals surface area contributed by atoms with E-state index in [4.69, 9.17) is 27.9 Å². The molecule has 0 saturated heterocycles. The van der Waals surface area contributed by atoms with Crippen LogP contribution in [0.1, 0.15) is 12.5 Å². The van der Waals surface area contributed by atoms with Gasteiger partial charge in [-0.1, -0.05) is 35.3 Å². The zero-order chi connectivity index (χ0) is 20.0. The summed E-state index contributed by atoms with van der Waals surface area (Å²) in [6.07, 6.45) is 0. The van der Waals surface area contributed by atoms with Crippen molar-refractivity contribution in [3.63, 3.8) is 0 Å². The second-order valence-corrected chi connectivity index (χ2v) is 8.58. The summed E-state index contributed by atoms with van der Waals surface area (Å²) in [5.74, 6) is -0.0189. The minimum atomic E-state index is -3.86. The van der Waals surface area contributed by atoms with Gasteiger partial charge in [0.15, 0.2) is 0 Å². The van der Waals surface area contributed by atoms with Crippen molar-refractivity contribution in [1.82, 2.24) is 9.62 Å². The Labute approximate surface area is 169 Å². The second kappa shape index (κ2) is 9.41. The van der Waals surface area contributed by atoms with Crippen molar-refractivity contribution in [1.29, 1.82) is 0 Å². The van der Waals surface area contributed by atoms with E-state index in [9.17, 15) is 13.2 Å². The largest absolute Gasteiger partial charge is 0.492 e. The van der Waals surface area contributed by atoms with Crippen LogP contribution in [0.25, 0.3) is 0 Å². The van der Waals surface area contributed by atoms with Gasteiger partial charge in [0, 0.05) is 18.6 Å². The summed E-state index contributed by atoms with van der Waals surface area (Å²) in [5.41, 5.74) is 0.858. The molecule has 0 heterocycles. The van der Waals surface area contributed by atoms with Crippen molar-refractivity contribution >= 4 is 39.1 Å². The van der Waals surface area contributed by atoms with Gasteiger partial charge in [-0.2, -0.15) is 4.31 Å². The number of halogens is 2. The number of sulfonamides is 1. The summed E-state index contributed by atoms with van der Waals surface area (Å²) in [6, 6.07) is 11.2. The third kappa shape index (κ3) is 5.84. The first-order valence-electron chi connectivity index (χ1n) is 8.14. The van der Waals surface area contributed by atoms with Crippen LogP contribution < -0.4 is 10.1 Å². The number of hydrogen-bond donors (Lipinski definition) is 1. The predicted octanol–water partition coefficient (Wildman–Crippen LogP) is 3.33. The van der Waals surface area contributed by atoms with E-state index < -0.39 is 15.9 Å². The topological polar surface area (TPSA) is 75.7 Å². The zero-order valence-corrected chi connectivity index (χ0v) is 17.2. The molecule has 0 fully saturated rings. The maximum Gasteiger partial charge on any atom is 0.243 e. The van der Waals surface area contributed by atoms with Crippen molar-refractivity contribution in [2.75, 3.05) is 20.2 Å². The molecule has 6 nitrogen and oxygen atoms in total. The van der Waals surface area contributed by atoms with Crippen LogP contribution in [0, 0.1) is 0 Å². The number of hydrogen-bond acceptors (Lipinski definition) is 4. The normalized spacial score (nSPS) is 11.4. The quantitative estimate of drug-likeness (QED) is 0.696. The summed E-state index contributed by atoms with van der Waals surface area (Å²) in [7, 11) is -2.53. The Morgan fingerprint density at radius 2 is 1.81 bits per heavy atom. The summed E-state index contributed by atoms with van der Waals surface area (Å²) in [6.45, 7) is 2.18. The first kappa shape index (κ1) is 21.5. The summed E-state index contributed by atoms with van der Waals surface area (Å²) in [5, 5.41) is 3.47. The number of carbonyl (C=O) groups is 1. The highest BCUT2D eigenvalue weighted by molar-refractivity contribution is 7.89. The van der Waals surface area contributed by atoms with Crippen molar-refractivity contribution in [3.05, 3.63) is 58.1 Å². The first-order valence-corrected chi connectivity index (χ1v) is 10.3. The maximum atomic E-state index is 12.6. The molecule has 0 atom stereocenters. The molecule has 0 spiro atoms. The molecule has 0 aliphatic carbocycles. The number of carbonyl (C=O) groups excluding carboxylic acids is 1. The Bertz CT molecular complexity index is 902. The number of nitrogens with one attached hydrogen (secondary N) is 1. The average molecular weight is 431 g/mol. The van der Waals surface area contributed by atoms with Crippen LogP contribution in [0.3, 0.4) is 0 Å². The van der Waals surface area contributed by atoms with Gasteiger partial charge in [0.05, 0.1) is 23.1 Å². The van der Waals surface area contributed by atoms with Gasteiger partial charge in [-0.25, -0.2) is 8.42 Å². The van der Waals surface area contributed by atoms with Crippen LogP contribution >= 0.6 is 23.2 Å². The number of amides is 1. The van der Waals surface area contributed by atoms with E-state index in [2.05, 4.69) is 5.32 Å². The SMILES string of the molecule is CCOc1ccc(S(=O)(=O)N(C)CC(=O)NCc2ccc(Cl)cc2)cc1Cl. The molecular formula is C18H20Cl2N2O4S. The molecule has 0 aromatic heterocycles. The minimum Gasteiger partial charge on any atom is -0.492 e. The summed E-state index contributed by atoms with van der Waals surface area (Å²) in [4.78, 5) is 12.1. The number of nitrogens with zero attached hydrogens (tertiary/aromatic N) is 1. The third-order valence-electron chi connectivity index (χ3n) is 3.68. The highest BCUT2D eigenvalue weighted by atomic mass is 35.5. The summed E-state index contributed by atoms with van der Waals surface area (Å²) < 4.78 is 31.5. The smallest absolute Gasteiger partial charge is 0.243 e. The van der Waals surface area contributed by atoms with Gasteiger partial charge in [-0.15, -0.1) is 0 Å². The average Bonchev–Trinajstić information content (AvgIpc) is 2.63. The van der Waals surface area contributed by atoms with E-state index in [0.29, 0.717) is 17.4 Å². The molecule has 1 amide bonds. The molecule has 0 bridgehead atoms. The predicted molar refractivity (Wildman–Crippen MR) is 106 cm³/mol. The number of rotatable bonds is 8. The highest BCUT2D eigenvalue weighted by Crippen LogP contribution is 2.28. The van der Waals surface area contributed by atoms with Crippen molar-refractivity contribution in [2.45, 2.75) is 18.4 Å². The Kier molecular flexibility index (Phi) is 7.49. The molecule has 0 saturated carbocycles. The maximum absolute atomic E-state index is 12.6. The monoisotopic (exact) mass is 430 g/mol. The fourth-order valence-corrected chi connectivity index (χ4v) is 3.82. The van der Waals surface area contributed by atoms with E-state index in [1.807, 2.05) is 0 Å². The molecule has 0 radical (unpaired) electrons. The van der Waals surface area contributed by atoms with Crippen LogP contribution in [-0.2, 0) is 21.4 Å². The lowest BCUT2D eigenvalue weighted by Crippen LogP contribution is -2.38. The standard InChI is InChI=1S/C18H20Cl2N2O4S/c1-3-26-17-9-8-15(10-16(17)20)27(24,25)22(2)12-18(23)21-11-13-4-6-14(19)7-5-13/h4-10H,3,11-12H2,1-2H3,(H,21,23). The van der Waals surface area contributed by atoms with Crippen LogP contribution in [0.4, 0.5) is 0 Å². The molecule has 146 valence electrons. The lowest BCUT2D eigenvalue weighted by atomic mass is 10.2. The first-order chi connectivity index (χ1) is 12.7. The third-order valence-corrected chi connectivity index (χ3v) is 6.03. The van der Waals surface area contributed by atoms with E-state index in [1.165, 1.54) is 25.2 Å². The number of likely N-dealkylation sites (N-methyl/N-ethyl adjacent to an activating group) is 1. The number of ether oxygens (including phenoxy) is 1. The molecule has 0 aliphatic rings. The van der Waals surface area contributed by atoms with Gasteiger partial charge in [0.1, 0.15) is 5.75 Å². The van der Waals surface area contributed by atoms with Crippen LogP contribution in [0.5, 0.6) is 5.75 Å².